The number of para-hydroxylation sites is 2. The first-order valence-corrected chi connectivity index (χ1v) is 9.83. The molecular weight excluding hydrogens is 366 g/mol. The van der Waals surface area contributed by atoms with E-state index in [1.807, 2.05) is 47.4 Å². The van der Waals surface area contributed by atoms with Gasteiger partial charge in [0.2, 0.25) is 5.91 Å². The van der Waals surface area contributed by atoms with Gasteiger partial charge in [0.05, 0.1) is 19.2 Å². The molecule has 1 aliphatic rings. The summed E-state index contributed by atoms with van der Waals surface area (Å²) in [5.41, 5.74) is 3.42. The molecule has 6 heteroatoms. The second-order valence-corrected chi connectivity index (χ2v) is 7.42. The van der Waals surface area contributed by atoms with E-state index in [9.17, 15) is 9.59 Å². The Hall–Kier alpha value is -3.28. The van der Waals surface area contributed by atoms with Crippen molar-refractivity contribution in [1.29, 1.82) is 0 Å². The van der Waals surface area contributed by atoms with Crippen molar-refractivity contribution in [2.24, 2.45) is 0 Å². The van der Waals surface area contributed by atoms with Gasteiger partial charge in [-0.25, -0.2) is 0 Å². The SMILES string of the molecule is COc1ccccc1N1CCN(C(=O)Cc2ccc3[nH]c(=O)c(C)cc3c2)CC1. The average Bonchev–Trinajstić information content (AvgIpc) is 2.75. The van der Waals surface area contributed by atoms with Crippen LogP contribution in [0.5, 0.6) is 5.75 Å². The maximum Gasteiger partial charge on any atom is 0.251 e. The molecule has 0 aliphatic carbocycles. The monoisotopic (exact) mass is 391 g/mol. The van der Waals surface area contributed by atoms with Gasteiger partial charge in [-0.3, -0.25) is 9.59 Å². The number of carbonyl (C=O) groups is 1. The van der Waals surface area contributed by atoms with E-state index in [0.29, 0.717) is 25.1 Å². The van der Waals surface area contributed by atoms with Crippen molar-refractivity contribution in [2.75, 3.05) is 38.2 Å². The first-order valence-electron chi connectivity index (χ1n) is 9.83. The zero-order valence-electron chi connectivity index (χ0n) is 16.8. The molecule has 1 aromatic heterocycles. The van der Waals surface area contributed by atoms with Gasteiger partial charge >= 0.3 is 0 Å². The molecule has 150 valence electrons. The zero-order valence-corrected chi connectivity index (χ0v) is 16.8. The van der Waals surface area contributed by atoms with E-state index in [1.165, 1.54) is 0 Å². The fraction of sp³-hybridized carbons (Fsp3) is 0.304. The number of carbonyl (C=O) groups excluding carboxylic acids is 1. The Morgan fingerprint density at radius 3 is 2.59 bits per heavy atom. The summed E-state index contributed by atoms with van der Waals surface area (Å²) >= 11 is 0. The lowest BCUT2D eigenvalue weighted by Gasteiger charge is -2.36. The number of aromatic amines is 1. The van der Waals surface area contributed by atoms with Crippen LogP contribution in [0.2, 0.25) is 0 Å². The number of fused-ring (bicyclic) bond motifs is 1. The Kier molecular flexibility index (Phi) is 5.25. The highest BCUT2D eigenvalue weighted by Crippen LogP contribution is 2.28. The van der Waals surface area contributed by atoms with Crippen LogP contribution in [0.15, 0.2) is 53.3 Å². The number of anilines is 1. The molecule has 1 N–H and O–H groups in total. The molecule has 0 bridgehead atoms. The average molecular weight is 391 g/mol. The van der Waals surface area contributed by atoms with Gasteiger partial charge in [-0.2, -0.15) is 0 Å². The van der Waals surface area contributed by atoms with Crippen LogP contribution < -0.4 is 15.2 Å². The fourth-order valence-electron chi connectivity index (χ4n) is 3.85. The molecule has 1 saturated heterocycles. The fourth-order valence-corrected chi connectivity index (χ4v) is 3.85. The van der Waals surface area contributed by atoms with E-state index < -0.39 is 0 Å². The van der Waals surface area contributed by atoms with Gasteiger partial charge in [0.25, 0.3) is 5.56 Å². The molecule has 0 radical (unpaired) electrons. The molecule has 4 rings (SSSR count). The van der Waals surface area contributed by atoms with Crippen molar-refractivity contribution in [2.45, 2.75) is 13.3 Å². The molecule has 0 unspecified atom stereocenters. The highest BCUT2D eigenvalue weighted by molar-refractivity contribution is 5.83. The van der Waals surface area contributed by atoms with Crippen molar-refractivity contribution < 1.29 is 9.53 Å². The number of nitrogens with zero attached hydrogens (tertiary/aromatic N) is 2. The third kappa shape index (κ3) is 3.97. The van der Waals surface area contributed by atoms with Crippen LogP contribution in [0.1, 0.15) is 11.1 Å². The highest BCUT2D eigenvalue weighted by atomic mass is 16.5. The van der Waals surface area contributed by atoms with Gasteiger partial charge in [-0.05, 0) is 48.2 Å². The largest absolute Gasteiger partial charge is 0.495 e. The number of rotatable bonds is 4. The van der Waals surface area contributed by atoms with E-state index in [2.05, 4.69) is 16.0 Å². The van der Waals surface area contributed by atoms with Crippen molar-refractivity contribution >= 4 is 22.5 Å². The lowest BCUT2D eigenvalue weighted by Crippen LogP contribution is -2.49. The molecule has 1 amide bonds. The number of ether oxygens (including phenoxy) is 1. The predicted molar refractivity (Wildman–Crippen MR) is 115 cm³/mol. The highest BCUT2D eigenvalue weighted by Gasteiger charge is 2.23. The standard InChI is InChI=1S/C23H25N3O3/c1-16-13-18-14-17(7-8-19(18)24-23(16)28)15-22(27)26-11-9-25(10-12-26)20-5-3-4-6-21(20)29-2/h3-8,13-14H,9-12,15H2,1-2H3,(H,24,28). The third-order valence-electron chi connectivity index (χ3n) is 5.51. The Labute approximate surface area is 169 Å². The molecule has 0 atom stereocenters. The lowest BCUT2D eigenvalue weighted by atomic mass is 10.1. The number of methoxy groups -OCH3 is 1. The lowest BCUT2D eigenvalue weighted by molar-refractivity contribution is -0.130. The molecule has 1 fully saturated rings. The number of aromatic nitrogens is 1. The van der Waals surface area contributed by atoms with E-state index in [-0.39, 0.29) is 11.5 Å². The molecule has 29 heavy (non-hydrogen) atoms. The second-order valence-electron chi connectivity index (χ2n) is 7.42. The van der Waals surface area contributed by atoms with E-state index in [4.69, 9.17) is 4.74 Å². The van der Waals surface area contributed by atoms with Gasteiger partial charge < -0.3 is 19.5 Å². The summed E-state index contributed by atoms with van der Waals surface area (Å²) in [5.74, 6) is 0.988. The van der Waals surface area contributed by atoms with E-state index in [1.54, 1.807) is 14.0 Å². The molecule has 6 nitrogen and oxygen atoms in total. The van der Waals surface area contributed by atoms with Gasteiger partial charge in [-0.1, -0.05) is 18.2 Å². The number of benzene rings is 2. The Morgan fingerprint density at radius 1 is 1.07 bits per heavy atom. The third-order valence-corrected chi connectivity index (χ3v) is 5.51. The van der Waals surface area contributed by atoms with Crippen molar-refractivity contribution in [3.8, 4) is 5.75 Å². The quantitative estimate of drug-likeness (QED) is 0.743. The topological polar surface area (TPSA) is 65.6 Å². The number of piperazine rings is 1. The number of H-pyrrole nitrogens is 1. The molecule has 1 aliphatic heterocycles. The number of aryl methyl sites for hydroxylation is 1. The predicted octanol–water partition coefficient (Wildman–Crippen LogP) is 2.74. The van der Waals surface area contributed by atoms with E-state index >= 15 is 0 Å². The number of amides is 1. The number of pyridine rings is 1. The van der Waals surface area contributed by atoms with Crippen LogP contribution >= 0.6 is 0 Å². The van der Waals surface area contributed by atoms with Gasteiger partial charge in [0.15, 0.2) is 0 Å². The first kappa shape index (κ1) is 19.1. The summed E-state index contributed by atoms with van der Waals surface area (Å²) in [6, 6.07) is 15.6. The van der Waals surface area contributed by atoms with Gasteiger partial charge in [0.1, 0.15) is 5.75 Å². The van der Waals surface area contributed by atoms with E-state index in [0.717, 1.165) is 41.0 Å². The molecular formula is C23H25N3O3. The van der Waals surface area contributed by atoms with Crippen LogP contribution in [0.25, 0.3) is 10.9 Å². The van der Waals surface area contributed by atoms with Crippen LogP contribution in [0.4, 0.5) is 5.69 Å². The minimum absolute atomic E-state index is 0.0748. The van der Waals surface area contributed by atoms with Crippen LogP contribution in [-0.2, 0) is 11.2 Å². The second kappa shape index (κ2) is 7.99. The summed E-state index contributed by atoms with van der Waals surface area (Å²) in [4.78, 5) is 31.6. The minimum atomic E-state index is -0.0748. The summed E-state index contributed by atoms with van der Waals surface area (Å²) in [6.45, 7) is 4.74. The number of nitrogens with one attached hydrogen (secondary N) is 1. The zero-order chi connectivity index (χ0) is 20.4. The Bertz CT molecular complexity index is 1100. The van der Waals surface area contributed by atoms with Crippen molar-refractivity contribution in [3.63, 3.8) is 0 Å². The number of hydrogen-bond donors (Lipinski definition) is 1. The Morgan fingerprint density at radius 2 is 1.83 bits per heavy atom. The van der Waals surface area contributed by atoms with Crippen molar-refractivity contribution in [1.82, 2.24) is 9.88 Å². The molecule has 2 heterocycles. The number of hydrogen-bond acceptors (Lipinski definition) is 4. The molecule has 0 saturated carbocycles. The van der Waals surface area contributed by atoms with Crippen LogP contribution in [0, 0.1) is 6.92 Å². The van der Waals surface area contributed by atoms with Crippen LogP contribution in [-0.4, -0.2) is 49.1 Å². The minimum Gasteiger partial charge on any atom is -0.495 e. The molecule has 3 aromatic rings. The van der Waals surface area contributed by atoms with Crippen molar-refractivity contribution in [3.05, 3.63) is 70.0 Å². The maximum atomic E-state index is 12.8. The molecule has 2 aromatic carbocycles. The smallest absolute Gasteiger partial charge is 0.251 e. The van der Waals surface area contributed by atoms with Crippen LogP contribution in [0.3, 0.4) is 0 Å². The van der Waals surface area contributed by atoms with Gasteiger partial charge in [0, 0.05) is 37.3 Å². The normalized spacial score (nSPS) is 14.3. The summed E-state index contributed by atoms with van der Waals surface area (Å²) in [7, 11) is 1.68. The Balaban J connectivity index is 1.42. The summed E-state index contributed by atoms with van der Waals surface area (Å²) < 4.78 is 5.46. The summed E-state index contributed by atoms with van der Waals surface area (Å²) in [6.07, 6.45) is 0.364. The maximum absolute atomic E-state index is 12.8. The summed E-state index contributed by atoms with van der Waals surface area (Å²) in [5, 5.41) is 0.952. The first-order chi connectivity index (χ1) is 14.0. The molecule has 0 spiro atoms. The van der Waals surface area contributed by atoms with Gasteiger partial charge in [-0.15, -0.1) is 0 Å².